The van der Waals surface area contributed by atoms with Crippen LogP contribution in [0.4, 0.5) is 0 Å². The topological polar surface area (TPSA) is 21.3 Å². The molecule has 1 aliphatic heterocycles. The lowest BCUT2D eigenvalue weighted by molar-refractivity contribution is 0.163. The maximum atomic E-state index is 5.54. The van der Waals surface area contributed by atoms with Crippen LogP contribution in [0.2, 0.25) is 0 Å². The molecule has 2 aliphatic rings. The van der Waals surface area contributed by atoms with E-state index in [0.29, 0.717) is 0 Å². The van der Waals surface area contributed by atoms with E-state index in [1.165, 1.54) is 44.9 Å². The Labute approximate surface area is 113 Å². The van der Waals surface area contributed by atoms with Gasteiger partial charge in [0.2, 0.25) is 0 Å². The Kier molecular flexibility index (Phi) is 5.97. The van der Waals surface area contributed by atoms with Crippen LogP contribution in [0.15, 0.2) is 0 Å². The van der Waals surface area contributed by atoms with Crippen molar-refractivity contribution >= 4 is 0 Å². The Bertz CT molecular complexity index is 225. The van der Waals surface area contributed by atoms with Crippen molar-refractivity contribution in [2.45, 2.75) is 64.8 Å². The van der Waals surface area contributed by atoms with Gasteiger partial charge in [-0.25, -0.2) is 0 Å². The van der Waals surface area contributed by atoms with Gasteiger partial charge >= 0.3 is 0 Å². The zero-order valence-electron chi connectivity index (χ0n) is 12.3. The summed E-state index contributed by atoms with van der Waals surface area (Å²) < 4.78 is 5.54. The van der Waals surface area contributed by atoms with E-state index < -0.39 is 0 Å². The Hall–Kier alpha value is -0.0800. The van der Waals surface area contributed by atoms with E-state index in [2.05, 4.69) is 19.2 Å². The fourth-order valence-electron chi connectivity index (χ4n) is 3.90. The summed E-state index contributed by atoms with van der Waals surface area (Å²) in [5.74, 6) is 2.73. The van der Waals surface area contributed by atoms with Crippen molar-refractivity contribution in [3.8, 4) is 0 Å². The molecule has 1 saturated carbocycles. The highest BCUT2D eigenvalue weighted by Gasteiger charge is 2.30. The molecule has 0 aromatic rings. The quantitative estimate of drug-likeness (QED) is 0.781. The van der Waals surface area contributed by atoms with Crippen LogP contribution in [0.25, 0.3) is 0 Å². The minimum atomic E-state index is 0.746. The smallest absolute Gasteiger partial charge is 0.0495 e. The highest BCUT2D eigenvalue weighted by Crippen LogP contribution is 2.35. The normalized spacial score (nSPS) is 34.7. The van der Waals surface area contributed by atoms with Crippen molar-refractivity contribution in [1.29, 1.82) is 0 Å². The van der Waals surface area contributed by atoms with Gasteiger partial charge in [0, 0.05) is 19.3 Å². The molecule has 4 atom stereocenters. The molecule has 0 aromatic heterocycles. The van der Waals surface area contributed by atoms with E-state index in [0.717, 1.165) is 43.6 Å². The lowest BCUT2D eigenvalue weighted by atomic mass is 9.75. The molecule has 0 amide bonds. The third kappa shape index (κ3) is 3.96. The highest BCUT2D eigenvalue weighted by atomic mass is 16.5. The molecule has 2 nitrogen and oxygen atoms in total. The maximum Gasteiger partial charge on any atom is 0.0495 e. The molecule has 2 heteroatoms. The highest BCUT2D eigenvalue weighted by molar-refractivity contribution is 4.84. The minimum Gasteiger partial charge on any atom is -0.381 e. The van der Waals surface area contributed by atoms with E-state index in [4.69, 9.17) is 4.74 Å². The third-order valence-electron chi connectivity index (χ3n) is 5.05. The first kappa shape index (κ1) is 14.3. The van der Waals surface area contributed by atoms with Gasteiger partial charge in [-0.15, -0.1) is 0 Å². The first-order valence-electron chi connectivity index (χ1n) is 8.14. The Morgan fingerprint density at radius 3 is 2.72 bits per heavy atom. The summed E-state index contributed by atoms with van der Waals surface area (Å²) >= 11 is 0. The van der Waals surface area contributed by atoms with Gasteiger partial charge < -0.3 is 10.1 Å². The largest absolute Gasteiger partial charge is 0.381 e. The van der Waals surface area contributed by atoms with Crippen LogP contribution in [0.1, 0.15) is 58.8 Å². The molecule has 2 rings (SSSR count). The van der Waals surface area contributed by atoms with Crippen molar-refractivity contribution in [2.24, 2.45) is 17.8 Å². The standard InChI is InChI=1S/C16H31NO/c1-3-13-6-5-7-15(10-13)16(17-4-2)11-14-8-9-18-12-14/h13-17H,3-12H2,1-2H3. The van der Waals surface area contributed by atoms with Crippen LogP contribution >= 0.6 is 0 Å². The van der Waals surface area contributed by atoms with Gasteiger partial charge in [0.15, 0.2) is 0 Å². The molecule has 106 valence electrons. The molecule has 0 aromatic carbocycles. The summed E-state index contributed by atoms with van der Waals surface area (Å²) in [6.45, 7) is 7.72. The predicted molar refractivity (Wildman–Crippen MR) is 76.7 cm³/mol. The zero-order valence-corrected chi connectivity index (χ0v) is 12.3. The van der Waals surface area contributed by atoms with Crippen LogP contribution in [-0.4, -0.2) is 25.8 Å². The summed E-state index contributed by atoms with van der Waals surface area (Å²) in [6.07, 6.45) is 9.83. The maximum absolute atomic E-state index is 5.54. The molecule has 1 saturated heterocycles. The van der Waals surface area contributed by atoms with Crippen molar-refractivity contribution in [1.82, 2.24) is 5.32 Å². The molecule has 2 fully saturated rings. The minimum absolute atomic E-state index is 0.746. The molecular weight excluding hydrogens is 222 g/mol. The SMILES string of the molecule is CCNC(CC1CCOC1)C1CCCC(CC)C1. The number of ether oxygens (including phenoxy) is 1. The molecule has 0 bridgehead atoms. The molecule has 4 unspecified atom stereocenters. The molecule has 18 heavy (non-hydrogen) atoms. The molecule has 0 spiro atoms. The molecule has 1 aliphatic carbocycles. The number of hydrogen-bond acceptors (Lipinski definition) is 2. The van der Waals surface area contributed by atoms with Gasteiger partial charge in [-0.3, -0.25) is 0 Å². The van der Waals surface area contributed by atoms with Gasteiger partial charge in [0.25, 0.3) is 0 Å². The average molecular weight is 253 g/mol. The van der Waals surface area contributed by atoms with Crippen molar-refractivity contribution in [3.05, 3.63) is 0 Å². The van der Waals surface area contributed by atoms with E-state index in [1.807, 2.05) is 0 Å². The summed E-state index contributed by atoms with van der Waals surface area (Å²) in [5, 5.41) is 3.77. The van der Waals surface area contributed by atoms with Crippen LogP contribution in [0, 0.1) is 17.8 Å². The van der Waals surface area contributed by atoms with Crippen LogP contribution in [-0.2, 0) is 4.74 Å². The fourth-order valence-corrected chi connectivity index (χ4v) is 3.90. The lowest BCUT2D eigenvalue weighted by Crippen LogP contribution is -2.40. The second-order valence-corrected chi connectivity index (χ2v) is 6.33. The summed E-state index contributed by atoms with van der Waals surface area (Å²) in [5.41, 5.74) is 0. The Balaban J connectivity index is 1.86. The Morgan fingerprint density at radius 2 is 2.06 bits per heavy atom. The summed E-state index contributed by atoms with van der Waals surface area (Å²) in [6, 6.07) is 0.746. The summed E-state index contributed by atoms with van der Waals surface area (Å²) in [7, 11) is 0. The van der Waals surface area contributed by atoms with Gasteiger partial charge in [0.05, 0.1) is 0 Å². The molecular formula is C16H31NO. The zero-order chi connectivity index (χ0) is 12.8. The van der Waals surface area contributed by atoms with E-state index in [9.17, 15) is 0 Å². The van der Waals surface area contributed by atoms with Crippen molar-refractivity contribution in [2.75, 3.05) is 19.8 Å². The second-order valence-electron chi connectivity index (χ2n) is 6.33. The van der Waals surface area contributed by atoms with Crippen molar-refractivity contribution in [3.63, 3.8) is 0 Å². The monoisotopic (exact) mass is 253 g/mol. The van der Waals surface area contributed by atoms with Crippen LogP contribution in [0.5, 0.6) is 0 Å². The summed E-state index contributed by atoms with van der Waals surface area (Å²) in [4.78, 5) is 0. The third-order valence-corrected chi connectivity index (χ3v) is 5.05. The lowest BCUT2D eigenvalue weighted by Gasteiger charge is -2.35. The van der Waals surface area contributed by atoms with Gasteiger partial charge in [-0.05, 0) is 50.0 Å². The predicted octanol–water partition coefficient (Wildman–Crippen LogP) is 3.61. The fraction of sp³-hybridized carbons (Fsp3) is 1.00. The second kappa shape index (κ2) is 7.49. The van der Waals surface area contributed by atoms with Crippen LogP contribution in [0.3, 0.4) is 0 Å². The van der Waals surface area contributed by atoms with E-state index in [-0.39, 0.29) is 0 Å². The van der Waals surface area contributed by atoms with Crippen molar-refractivity contribution < 1.29 is 4.74 Å². The molecule has 0 radical (unpaired) electrons. The van der Waals surface area contributed by atoms with Crippen LogP contribution < -0.4 is 5.32 Å². The first-order valence-corrected chi connectivity index (χ1v) is 8.14. The number of nitrogens with one attached hydrogen (secondary N) is 1. The average Bonchev–Trinajstić information content (AvgIpc) is 2.91. The number of rotatable bonds is 6. The first-order chi connectivity index (χ1) is 8.83. The van der Waals surface area contributed by atoms with Gasteiger partial charge in [-0.2, -0.15) is 0 Å². The number of hydrogen-bond donors (Lipinski definition) is 1. The molecule has 1 N–H and O–H groups in total. The molecule has 1 heterocycles. The Morgan fingerprint density at radius 1 is 1.17 bits per heavy atom. The van der Waals surface area contributed by atoms with E-state index in [1.54, 1.807) is 0 Å². The van der Waals surface area contributed by atoms with Gasteiger partial charge in [-0.1, -0.05) is 33.1 Å². The van der Waals surface area contributed by atoms with E-state index >= 15 is 0 Å². The van der Waals surface area contributed by atoms with Gasteiger partial charge in [0.1, 0.15) is 0 Å².